The lowest BCUT2D eigenvalue weighted by molar-refractivity contribution is -0.128. The second kappa shape index (κ2) is 9.38. The van der Waals surface area contributed by atoms with Gasteiger partial charge in [0.05, 0.1) is 14.9 Å². The number of rotatable bonds is 5. The quantitative estimate of drug-likeness (QED) is 0.167. The van der Waals surface area contributed by atoms with Crippen LogP contribution in [0.25, 0.3) is 17.0 Å². The zero-order valence-electron chi connectivity index (χ0n) is 16.2. The van der Waals surface area contributed by atoms with Crippen molar-refractivity contribution in [1.29, 1.82) is 0 Å². The molecule has 0 fully saturated rings. The Bertz CT molecular complexity index is 1390. The van der Waals surface area contributed by atoms with Gasteiger partial charge in [-0.15, -0.1) is 0 Å². The highest BCUT2D eigenvalue weighted by molar-refractivity contribution is 9.10. The molecule has 1 heterocycles. The Balaban J connectivity index is 1.54. The van der Waals surface area contributed by atoms with Crippen LogP contribution in [0.3, 0.4) is 0 Å². The van der Waals surface area contributed by atoms with E-state index in [0.717, 1.165) is 6.08 Å². The molecule has 160 valence electrons. The summed E-state index contributed by atoms with van der Waals surface area (Å²) in [6.07, 6.45) is 3.47. The zero-order chi connectivity index (χ0) is 22.7. The van der Waals surface area contributed by atoms with Crippen LogP contribution in [-0.4, -0.2) is 5.97 Å². The summed E-state index contributed by atoms with van der Waals surface area (Å²) in [5.74, 6) is -0.686. The lowest BCUT2D eigenvalue weighted by atomic mass is 10.2. The summed E-state index contributed by atoms with van der Waals surface area (Å²) >= 11 is 9.28. The van der Waals surface area contributed by atoms with Gasteiger partial charge >= 0.3 is 5.97 Å². The van der Waals surface area contributed by atoms with Crippen molar-refractivity contribution in [2.24, 2.45) is 0 Å². The molecule has 0 amide bonds. The van der Waals surface area contributed by atoms with E-state index >= 15 is 0 Å². The maximum Gasteiger partial charge on any atom is 0.336 e. The van der Waals surface area contributed by atoms with E-state index in [4.69, 9.17) is 25.5 Å². The fourth-order valence-electron chi connectivity index (χ4n) is 2.84. The third kappa shape index (κ3) is 4.74. The number of hydrogen-bond acceptors (Lipinski definition) is 5. The number of para-hydroxylation sites is 1. The number of carbonyl (C=O) groups is 1. The second-order valence-corrected chi connectivity index (χ2v) is 7.77. The molecule has 0 saturated heterocycles. The van der Waals surface area contributed by atoms with Crippen molar-refractivity contribution in [3.05, 3.63) is 104 Å². The molecular weight excluding hydrogens is 503 g/mol. The van der Waals surface area contributed by atoms with Gasteiger partial charge in [0, 0.05) is 17.7 Å². The molecule has 1 aromatic heterocycles. The van der Waals surface area contributed by atoms with Crippen LogP contribution in [0, 0.1) is 5.82 Å². The Morgan fingerprint density at radius 1 is 1.06 bits per heavy atom. The molecule has 0 N–H and O–H groups in total. The maximum atomic E-state index is 13.8. The first-order valence-corrected chi connectivity index (χ1v) is 10.4. The van der Waals surface area contributed by atoms with Crippen LogP contribution in [0.2, 0.25) is 5.02 Å². The Kier molecular flexibility index (Phi) is 6.39. The standard InChI is InChI=1S/C24H13BrClFO5/c25-17-4-1-2-7-20(17)32-22-13-30-21-12-14(8-9-16(21)24(22)29)31-23(28)11-10-15-18(26)5-3-6-19(15)27/h1-13H. The molecule has 0 saturated carbocycles. The van der Waals surface area contributed by atoms with Gasteiger partial charge in [0.1, 0.15) is 29.2 Å². The van der Waals surface area contributed by atoms with Crippen molar-refractivity contribution >= 4 is 50.5 Å². The first kappa shape index (κ1) is 21.8. The predicted octanol–water partition coefficient (Wildman–Crippen LogP) is 6.76. The van der Waals surface area contributed by atoms with E-state index in [-0.39, 0.29) is 38.5 Å². The van der Waals surface area contributed by atoms with E-state index in [0.29, 0.717) is 10.2 Å². The summed E-state index contributed by atoms with van der Waals surface area (Å²) in [4.78, 5) is 24.8. The van der Waals surface area contributed by atoms with Gasteiger partial charge in [0.25, 0.3) is 0 Å². The van der Waals surface area contributed by atoms with E-state index in [1.807, 2.05) is 6.07 Å². The fraction of sp³-hybridized carbons (Fsp3) is 0. The van der Waals surface area contributed by atoms with Crippen molar-refractivity contribution in [3.63, 3.8) is 0 Å². The van der Waals surface area contributed by atoms with Gasteiger partial charge in [-0.1, -0.05) is 29.8 Å². The van der Waals surface area contributed by atoms with Gasteiger partial charge in [0.15, 0.2) is 0 Å². The van der Waals surface area contributed by atoms with E-state index < -0.39 is 11.8 Å². The van der Waals surface area contributed by atoms with Gasteiger partial charge in [-0.25, -0.2) is 9.18 Å². The molecule has 0 aliphatic carbocycles. The van der Waals surface area contributed by atoms with Crippen molar-refractivity contribution < 1.29 is 23.1 Å². The largest absolute Gasteiger partial charge is 0.460 e. The highest BCUT2D eigenvalue weighted by atomic mass is 79.9. The van der Waals surface area contributed by atoms with Crippen LogP contribution >= 0.6 is 27.5 Å². The first-order valence-electron chi connectivity index (χ1n) is 9.24. The number of esters is 1. The molecule has 3 aromatic carbocycles. The number of carbonyl (C=O) groups excluding carboxylic acids is 1. The first-order chi connectivity index (χ1) is 15.4. The van der Waals surface area contributed by atoms with Crippen molar-refractivity contribution in [3.8, 4) is 17.2 Å². The monoisotopic (exact) mass is 514 g/mol. The molecule has 8 heteroatoms. The second-order valence-electron chi connectivity index (χ2n) is 6.51. The maximum absolute atomic E-state index is 13.8. The van der Waals surface area contributed by atoms with Crippen LogP contribution < -0.4 is 14.9 Å². The van der Waals surface area contributed by atoms with E-state index in [1.165, 1.54) is 48.7 Å². The van der Waals surface area contributed by atoms with Crippen molar-refractivity contribution in [2.45, 2.75) is 0 Å². The van der Waals surface area contributed by atoms with Gasteiger partial charge in [-0.05, 0) is 58.4 Å². The summed E-state index contributed by atoms with van der Waals surface area (Å²) in [6.45, 7) is 0. The predicted molar refractivity (Wildman–Crippen MR) is 123 cm³/mol. The van der Waals surface area contributed by atoms with Gasteiger partial charge in [-0.2, -0.15) is 0 Å². The molecule has 0 unspecified atom stereocenters. The molecule has 4 rings (SSSR count). The zero-order valence-corrected chi connectivity index (χ0v) is 18.5. The Morgan fingerprint density at radius 3 is 2.66 bits per heavy atom. The van der Waals surface area contributed by atoms with Crippen LogP contribution in [0.4, 0.5) is 4.39 Å². The molecule has 0 atom stereocenters. The number of ether oxygens (including phenoxy) is 2. The number of fused-ring (bicyclic) bond motifs is 1. The molecule has 5 nitrogen and oxygen atoms in total. The topological polar surface area (TPSA) is 65.7 Å². The molecule has 4 aromatic rings. The van der Waals surface area contributed by atoms with Crippen molar-refractivity contribution in [2.75, 3.05) is 0 Å². The summed E-state index contributed by atoms with van der Waals surface area (Å²) in [7, 11) is 0. The molecule has 0 aliphatic heterocycles. The number of hydrogen-bond donors (Lipinski definition) is 0. The van der Waals surface area contributed by atoms with Crippen LogP contribution in [0.15, 0.2) is 86.7 Å². The summed E-state index contributed by atoms with van der Waals surface area (Å²) < 4.78 is 30.8. The molecule has 0 aliphatic rings. The van der Waals surface area contributed by atoms with Gasteiger partial charge in [0.2, 0.25) is 11.2 Å². The number of benzene rings is 3. The smallest absolute Gasteiger partial charge is 0.336 e. The minimum atomic E-state index is -0.750. The Labute approximate surface area is 194 Å². The van der Waals surface area contributed by atoms with Crippen molar-refractivity contribution in [1.82, 2.24) is 0 Å². The van der Waals surface area contributed by atoms with Gasteiger partial charge in [-0.3, -0.25) is 4.79 Å². The van der Waals surface area contributed by atoms with E-state index in [1.54, 1.807) is 18.2 Å². The summed E-state index contributed by atoms with van der Waals surface area (Å²) in [5, 5.41) is 0.421. The van der Waals surface area contributed by atoms with Crippen LogP contribution in [-0.2, 0) is 4.79 Å². The molecule has 0 bridgehead atoms. The summed E-state index contributed by atoms with van der Waals surface area (Å²) in [6, 6.07) is 15.6. The average molecular weight is 516 g/mol. The lowest BCUT2D eigenvalue weighted by Gasteiger charge is -2.08. The fourth-order valence-corrected chi connectivity index (χ4v) is 3.43. The third-order valence-corrected chi connectivity index (χ3v) is 5.36. The Hall–Kier alpha value is -3.42. The lowest BCUT2D eigenvalue weighted by Crippen LogP contribution is -2.06. The summed E-state index contributed by atoms with van der Waals surface area (Å²) in [5.41, 5.74) is -0.0944. The highest BCUT2D eigenvalue weighted by Crippen LogP contribution is 2.29. The molecule has 32 heavy (non-hydrogen) atoms. The minimum Gasteiger partial charge on any atom is -0.460 e. The molecular formula is C24H13BrClFO5. The third-order valence-electron chi connectivity index (χ3n) is 4.38. The van der Waals surface area contributed by atoms with Crippen LogP contribution in [0.5, 0.6) is 17.2 Å². The number of halogens is 3. The normalized spacial score (nSPS) is 11.1. The van der Waals surface area contributed by atoms with E-state index in [9.17, 15) is 14.0 Å². The Morgan fingerprint density at radius 2 is 1.88 bits per heavy atom. The van der Waals surface area contributed by atoms with Gasteiger partial charge < -0.3 is 13.9 Å². The van der Waals surface area contributed by atoms with Crippen LogP contribution in [0.1, 0.15) is 5.56 Å². The average Bonchev–Trinajstić information content (AvgIpc) is 2.77. The minimum absolute atomic E-state index is 0.0128. The SMILES string of the molecule is O=C(C=Cc1c(F)cccc1Cl)Oc1ccc2c(=O)c(Oc3ccccc3Br)coc2c1. The molecule has 0 spiro atoms. The highest BCUT2D eigenvalue weighted by Gasteiger charge is 2.12. The van der Waals surface area contributed by atoms with E-state index in [2.05, 4.69) is 15.9 Å². The molecule has 0 radical (unpaired) electrons.